The number of alkyl halides is 4. The molecule has 1 unspecified atom stereocenters. The zero-order chi connectivity index (χ0) is 14.4. The molecule has 102 valence electrons. The molecular formula is C12H9BrF3NO2. The summed E-state index contributed by atoms with van der Waals surface area (Å²) in [5, 5.41) is 0. The van der Waals surface area contributed by atoms with Crippen LogP contribution in [-0.4, -0.2) is 29.9 Å². The summed E-state index contributed by atoms with van der Waals surface area (Å²) in [4.78, 5) is 22.4. The Bertz CT molecular complexity index is 556. The molecule has 0 fully saturated rings. The van der Waals surface area contributed by atoms with Gasteiger partial charge in [0.25, 0.3) is 5.91 Å². The third-order valence-electron chi connectivity index (χ3n) is 2.96. The number of carbonyl (C=O) groups is 2. The lowest BCUT2D eigenvalue weighted by atomic mass is 9.95. The molecule has 3 nitrogen and oxygen atoms in total. The van der Waals surface area contributed by atoms with Crippen molar-refractivity contribution in [2.45, 2.75) is 17.4 Å². The lowest BCUT2D eigenvalue weighted by Gasteiger charge is -2.24. The fourth-order valence-electron chi connectivity index (χ4n) is 1.87. The number of fused-ring (bicyclic) bond motifs is 1. The normalized spacial score (nSPS) is 17.4. The van der Waals surface area contributed by atoms with Gasteiger partial charge in [-0.25, -0.2) is 0 Å². The highest BCUT2D eigenvalue weighted by Crippen LogP contribution is 2.40. The zero-order valence-corrected chi connectivity index (χ0v) is 11.4. The molecule has 1 aromatic carbocycles. The van der Waals surface area contributed by atoms with E-state index in [0.717, 1.165) is 4.90 Å². The van der Waals surface area contributed by atoms with Gasteiger partial charge >= 0.3 is 6.18 Å². The van der Waals surface area contributed by atoms with Gasteiger partial charge < -0.3 is 0 Å². The van der Waals surface area contributed by atoms with Gasteiger partial charge in [0.15, 0.2) is 0 Å². The Morgan fingerprint density at radius 2 is 1.95 bits per heavy atom. The van der Waals surface area contributed by atoms with E-state index in [-0.39, 0.29) is 23.5 Å². The highest BCUT2D eigenvalue weighted by Gasteiger charge is 2.39. The van der Waals surface area contributed by atoms with Crippen LogP contribution in [0.3, 0.4) is 0 Å². The second kappa shape index (κ2) is 4.63. The zero-order valence-electron chi connectivity index (χ0n) is 9.79. The van der Waals surface area contributed by atoms with Crippen LogP contribution in [0, 0.1) is 0 Å². The second-order valence-corrected chi connectivity index (χ2v) is 5.17. The summed E-state index contributed by atoms with van der Waals surface area (Å²) in [6, 6.07) is 3.86. The highest BCUT2D eigenvalue weighted by molar-refractivity contribution is 9.09. The smallest absolute Gasteiger partial charge is 0.281 e. The number of rotatable bonds is 1. The summed E-state index contributed by atoms with van der Waals surface area (Å²) in [6.07, 6.45) is -4.41. The third-order valence-corrected chi connectivity index (χ3v) is 4.01. The Morgan fingerprint density at radius 1 is 1.32 bits per heavy atom. The lowest BCUT2D eigenvalue weighted by Crippen LogP contribution is -2.39. The molecule has 0 radical (unpaired) electrons. The molecule has 0 spiro atoms. The molecule has 0 saturated carbocycles. The molecule has 1 heterocycles. The van der Waals surface area contributed by atoms with Gasteiger partial charge in [-0.1, -0.05) is 28.1 Å². The Balaban J connectivity index is 2.45. The molecular weight excluding hydrogens is 327 g/mol. The SMILES string of the molecule is CN1C(=O)Cc2ccc(C(Br)C(F)(F)F)cc2C1=O. The van der Waals surface area contributed by atoms with Crippen LogP contribution in [0.4, 0.5) is 13.2 Å². The van der Waals surface area contributed by atoms with Crippen molar-refractivity contribution in [1.29, 1.82) is 0 Å². The highest BCUT2D eigenvalue weighted by atomic mass is 79.9. The maximum Gasteiger partial charge on any atom is 0.405 e. The van der Waals surface area contributed by atoms with Crippen molar-refractivity contribution in [2.75, 3.05) is 7.05 Å². The van der Waals surface area contributed by atoms with Gasteiger partial charge in [-0.15, -0.1) is 0 Å². The molecule has 2 amide bonds. The number of halogens is 4. The number of benzene rings is 1. The van der Waals surface area contributed by atoms with Crippen LogP contribution in [0.15, 0.2) is 18.2 Å². The molecule has 0 bridgehead atoms. The molecule has 0 aliphatic carbocycles. The molecule has 7 heteroatoms. The number of carbonyl (C=O) groups excluding carboxylic acids is 2. The van der Waals surface area contributed by atoms with Gasteiger partial charge in [-0.05, 0) is 17.2 Å². The largest absolute Gasteiger partial charge is 0.405 e. The molecule has 0 aromatic heterocycles. The van der Waals surface area contributed by atoms with Crippen LogP contribution in [0.25, 0.3) is 0 Å². The summed E-state index contributed by atoms with van der Waals surface area (Å²) in [6.45, 7) is 0. The predicted molar refractivity (Wildman–Crippen MR) is 65.0 cm³/mol. The maximum absolute atomic E-state index is 12.6. The molecule has 0 N–H and O–H groups in total. The Kier molecular flexibility index (Phi) is 3.42. The fraction of sp³-hybridized carbons (Fsp3) is 0.333. The van der Waals surface area contributed by atoms with E-state index in [1.54, 1.807) is 0 Å². The van der Waals surface area contributed by atoms with Crippen LogP contribution in [-0.2, 0) is 11.2 Å². The van der Waals surface area contributed by atoms with Crippen molar-refractivity contribution in [2.24, 2.45) is 0 Å². The standard InChI is InChI=1S/C12H9BrF3NO2/c1-17-9(18)5-6-2-3-7(4-8(6)11(17)19)10(13)12(14,15)16/h2-4,10H,5H2,1H3. The van der Waals surface area contributed by atoms with E-state index >= 15 is 0 Å². The molecule has 19 heavy (non-hydrogen) atoms. The van der Waals surface area contributed by atoms with Crippen molar-refractivity contribution in [1.82, 2.24) is 4.90 Å². The summed E-state index contributed by atoms with van der Waals surface area (Å²) >= 11 is 2.56. The van der Waals surface area contributed by atoms with Gasteiger partial charge in [0.1, 0.15) is 4.83 Å². The van der Waals surface area contributed by atoms with Crippen LogP contribution in [0.1, 0.15) is 26.3 Å². The summed E-state index contributed by atoms with van der Waals surface area (Å²) in [7, 11) is 1.32. The van der Waals surface area contributed by atoms with Crippen LogP contribution < -0.4 is 0 Å². The number of hydrogen-bond donors (Lipinski definition) is 0. The monoisotopic (exact) mass is 335 g/mol. The van der Waals surface area contributed by atoms with Gasteiger partial charge in [0.05, 0.1) is 6.42 Å². The fourth-order valence-corrected chi connectivity index (χ4v) is 2.15. The van der Waals surface area contributed by atoms with Crippen LogP contribution in [0.2, 0.25) is 0 Å². The predicted octanol–water partition coefficient (Wildman–Crippen LogP) is 2.84. The van der Waals surface area contributed by atoms with Crippen molar-refractivity contribution < 1.29 is 22.8 Å². The minimum Gasteiger partial charge on any atom is -0.281 e. The molecule has 1 aliphatic rings. The number of nitrogens with zero attached hydrogens (tertiary/aromatic N) is 1. The summed E-state index contributed by atoms with van der Waals surface area (Å²) < 4.78 is 37.8. The Labute approximate surface area is 115 Å². The molecule has 2 rings (SSSR count). The Hall–Kier alpha value is -1.37. The van der Waals surface area contributed by atoms with E-state index in [1.165, 1.54) is 25.2 Å². The average molecular weight is 336 g/mol. The van der Waals surface area contributed by atoms with Gasteiger partial charge in [-0.2, -0.15) is 13.2 Å². The van der Waals surface area contributed by atoms with Gasteiger partial charge in [-0.3, -0.25) is 14.5 Å². The van der Waals surface area contributed by atoms with Crippen LogP contribution >= 0.6 is 15.9 Å². The first-order valence-electron chi connectivity index (χ1n) is 5.36. The molecule has 1 atom stereocenters. The first-order valence-corrected chi connectivity index (χ1v) is 6.28. The van der Waals surface area contributed by atoms with Gasteiger partial charge in [0.2, 0.25) is 5.91 Å². The van der Waals surface area contributed by atoms with Crippen molar-refractivity contribution in [3.8, 4) is 0 Å². The number of amides is 2. The van der Waals surface area contributed by atoms with E-state index < -0.39 is 16.9 Å². The third kappa shape index (κ3) is 2.51. The van der Waals surface area contributed by atoms with Crippen molar-refractivity contribution >= 4 is 27.7 Å². The van der Waals surface area contributed by atoms with E-state index in [9.17, 15) is 22.8 Å². The minimum absolute atomic E-state index is 0.0246. The first kappa shape index (κ1) is 14.0. The number of hydrogen-bond acceptors (Lipinski definition) is 2. The van der Waals surface area contributed by atoms with E-state index in [1.807, 2.05) is 0 Å². The Morgan fingerprint density at radius 3 is 2.53 bits per heavy atom. The van der Waals surface area contributed by atoms with E-state index in [2.05, 4.69) is 15.9 Å². The minimum atomic E-state index is -4.44. The number of imide groups is 1. The second-order valence-electron chi connectivity index (χ2n) is 4.26. The summed E-state index contributed by atoms with van der Waals surface area (Å²) in [5.74, 6) is -0.938. The molecule has 1 aliphatic heterocycles. The van der Waals surface area contributed by atoms with Crippen LogP contribution in [0.5, 0.6) is 0 Å². The van der Waals surface area contributed by atoms with Crippen molar-refractivity contribution in [3.63, 3.8) is 0 Å². The van der Waals surface area contributed by atoms with Gasteiger partial charge in [0, 0.05) is 12.6 Å². The average Bonchev–Trinajstić information content (AvgIpc) is 2.34. The maximum atomic E-state index is 12.6. The topological polar surface area (TPSA) is 37.4 Å². The first-order chi connectivity index (χ1) is 8.71. The van der Waals surface area contributed by atoms with Crippen molar-refractivity contribution in [3.05, 3.63) is 34.9 Å². The molecule has 1 aromatic rings. The summed E-state index contributed by atoms with van der Waals surface area (Å²) in [5.41, 5.74) is 0.550. The quantitative estimate of drug-likeness (QED) is 0.584. The van der Waals surface area contributed by atoms with E-state index in [0.29, 0.717) is 5.56 Å². The van der Waals surface area contributed by atoms with E-state index in [4.69, 9.17) is 0 Å². The lowest BCUT2D eigenvalue weighted by molar-refractivity contribution is -0.129. The number of likely N-dealkylation sites (N-methyl/N-ethyl adjacent to an activating group) is 1. The molecule has 0 saturated heterocycles.